The van der Waals surface area contributed by atoms with Crippen molar-refractivity contribution < 1.29 is 4.79 Å². The third-order valence-electron chi connectivity index (χ3n) is 2.28. The van der Waals surface area contributed by atoms with Crippen LogP contribution in [0.2, 0.25) is 0 Å². The lowest BCUT2D eigenvalue weighted by Crippen LogP contribution is -2.08. The Morgan fingerprint density at radius 2 is 1.93 bits per heavy atom. The first-order chi connectivity index (χ1) is 7.34. The van der Waals surface area contributed by atoms with Crippen LogP contribution in [0.25, 0.3) is 0 Å². The van der Waals surface area contributed by atoms with Gasteiger partial charge >= 0.3 is 0 Å². The van der Waals surface area contributed by atoms with Gasteiger partial charge in [0.2, 0.25) is 0 Å². The average Bonchev–Trinajstić information content (AvgIpc) is 2.46. The van der Waals surface area contributed by atoms with Gasteiger partial charge in [0.1, 0.15) is 0 Å². The lowest BCUT2D eigenvalue weighted by atomic mass is 10.2. The normalized spacial score (nSPS) is 15.5. The Labute approximate surface area is 89.5 Å². The zero-order chi connectivity index (χ0) is 10.5. The van der Waals surface area contributed by atoms with Crippen molar-refractivity contribution >= 4 is 5.78 Å². The van der Waals surface area contributed by atoms with Crippen LogP contribution in [0, 0.1) is 0 Å². The molecule has 0 amide bonds. The highest BCUT2D eigenvalue weighted by atomic mass is 16.1. The van der Waals surface area contributed by atoms with Gasteiger partial charge in [-0.2, -0.15) is 0 Å². The predicted molar refractivity (Wildman–Crippen MR) is 59.9 cm³/mol. The highest BCUT2D eigenvalue weighted by Gasteiger charge is 2.02. The summed E-state index contributed by atoms with van der Waals surface area (Å²) in [5, 5.41) is 0. The number of nitrogens with zero attached hydrogens (tertiary/aromatic N) is 1. The van der Waals surface area contributed by atoms with E-state index in [-0.39, 0.29) is 5.78 Å². The van der Waals surface area contributed by atoms with E-state index in [1.54, 1.807) is 6.08 Å². The Morgan fingerprint density at radius 1 is 1.13 bits per heavy atom. The lowest BCUT2D eigenvalue weighted by molar-refractivity contribution is -0.113. The van der Waals surface area contributed by atoms with E-state index < -0.39 is 0 Å². The summed E-state index contributed by atoms with van der Waals surface area (Å²) in [6, 6.07) is 10.2. The third-order valence-corrected chi connectivity index (χ3v) is 2.28. The minimum absolute atomic E-state index is 0.154. The molecular formula is C13H13NO. The third kappa shape index (κ3) is 2.81. The maximum absolute atomic E-state index is 11.1. The maximum Gasteiger partial charge on any atom is 0.160 e. The number of hydrogen-bond acceptors (Lipinski definition) is 2. The summed E-state index contributed by atoms with van der Waals surface area (Å²) in [6.45, 7) is 0.807. The van der Waals surface area contributed by atoms with Crippen LogP contribution < -0.4 is 0 Å². The molecule has 1 aliphatic rings. The zero-order valence-corrected chi connectivity index (χ0v) is 8.47. The number of carbonyl (C=O) groups is 1. The first-order valence-electron chi connectivity index (χ1n) is 5.02. The van der Waals surface area contributed by atoms with Crippen molar-refractivity contribution in [3.63, 3.8) is 0 Å². The summed E-state index contributed by atoms with van der Waals surface area (Å²) in [5.41, 5.74) is 1.24. The van der Waals surface area contributed by atoms with Crippen molar-refractivity contribution in [1.82, 2.24) is 4.90 Å². The molecule has 76 valence electrons. The molecule has 15 heavy (non-hydrogen) atoms. The second-order valence-electron chi connectivity index (χ2n) is 3.53. The number of rotatable bonds is 2. The molecule has 2 nitrogen and oxygen atoms in total. The minimum atomic E-state index is 0.154. The molecule has 1 aromatic carbocycles. The summed E-state index contributed by atoms with van der Waals surface area (Å²) in [5.74, 6) is 0.154. The fraction of sp³-hybridized carbons (Fsp3) is 0.154. The molecule has 0 N–H and O–H groups in total. The summed E-state index contributed by atoms with van der Waals surface area (Å²) in [4.78, 5) is 13.1. The summed E-state index contributed by atoms with van der Waals surface area (Å²) in [6.07, 6.45) is 7.81. The van der Waals surface area contributed by atoms with E-state index in [1.807, 2.05) is 41.6 Å². The Morgan fingerprint density at radius 3 is 2.73 bits per heavy atom. The predicted octanol–water partition coefficient (Wildman–Crippen LogP) is 2.49. The molecule has 0 spiro atoms. The van der Waals surface area contributed by atoms with Crippen molar-refractivity contribution in [1.29, 1.82) is 0 Å². The van der Waals surface area contributed by atoms with Crippen molar-refractivity contribution in [2.24, 2.45) is 0 Å². The average molecular weight is 199 g/mol. The number of allylic oxidation sites excluding steroid dienone is 2. The first-order valence-corrected chi connectivity index (χ1v) is 5.02. The maximum atomic E-state index is 11.1. The molecule has 0 radical (unpaired) electrons. The van der Waals surface area contributed by atoms with Crippen molar-refractivity contribution in [3.8, 4) is 0 Å². The Balaban J connectivity index is 2.06. The molecule has 0 saturated carbocycles. The van der Waals surface area contributed by atoms with Gasteiger partial charge in [-0.15, -0.1) is 0 Å². The molecule has 0 saturated heterocycles. The molecular weight excluding hydrogens is 186 g/mol. The van der Waals surface area contributed by atoms with Crippen LogP contribution in [-0.4, -0.2) is 10.7 Å². The van der Waals surface area contributed by atoms with Crippen molar-refractivity contribution in [2.75, 3.05) is 0 Å². The summed E-state index contributed by atoms with van der Waals surface area (Å²) in [7, 11) is 0. The molecule has 1 aliphatic heterocycles. The summed E-state index contributed by atoms with van der Waals surface area (Å²) < 4.78 is 0. The van der Waals surface area contributed by atoms with Gasteiger partial charge in [-0.25, -0.2) is 0 Å². The lowest BCUT2D eigenvalue weighted by Gasteiger charge is -2.14. The first kappa shape index (κ1) is 9.71. The molecule has 2 rings (SSSR count). The standard InChI is InChI=1S/C13H13NO/c15-13-7-4-9-14(10-8-13)11-12-5-2-1-3-6-12/h1-6,8-10H,7,11H2. The van der Waals surface area contributed by atoms with Gasteiger partial charge in [-0.05, 0) is 11.6 Å². The van der Waals surface area contributed by atoms with Gasteiger partial charge in [0.25, 0.3) is 0 Å². The zero-order valence-electron chi connectivity index (χ0n) is 8.47. The van der Waals surface area contributed by atoms with E-state index in [4.69, 9.17) is 0 Å². The Bertz CT molecular complexity index is 392. The minimum Gasteiger partial charge on any atom is -0.350 e. The van der Waals surface area contributed by atoms with Crippen LogP contribution in [0.15, 0.2) is 54.9 Å². The monoisotopic (exact) mass is 199 g/mol. The van der Waals surface area contributed by atoms with Crippen LogP contribution >= 0.6 is 0 Å². The van der Waals surface area contributed by atoms with Gasteiger partial charge in [0.05, 0.1) is 0 Å². The number of hydrogen-bond donors (Lipinski definition) is 0. The van der Waals surface area contributed by atoms with Gasteiger partial charge in [0, 0.05) is 25.4 Å². The number of ketones is 1. The highest BCUT2D eigenvalue weighted by molar-refractivity contribution is 5.90. The molecule has 0 fully saturated rings. The van der Waals surface area contributed by atoms with Gasteiger partial charge in [0.15, 0.2) is 5.78 Å². The van der Waals surface area contributed by atoms with E-state index in [9.17, 15) is 4.79 Å². The van der Waals surface area contributed by atoms with Crippen LogP contribution in [-0.2, 0) is 11.3 Å². The van der Waals surface area contributed by atoms with Crippen molar-refractivity contribution in [3.05, 3.63) is 60.4 Å². The van der Waals surface area contributed by atoms with Crippen LogP contribution in [0.4, 0.5) is 0 Å². The fourth-order valence-corrected chi connectivity index (χ4v) is 1.50. The highest BCUT2D eigenvalue weighted by Crippen LogP contribution is 2.08. The van der Waals surface area contributed by atoms with Crippen LogP contribution in [0.1, 0.15) is 12.0 Å². The SMILES string of the molecule is O=C1C=CN(Cc2ccccc2)C=CC1. The topological polar surface area (TPSA) is 20.3 Å². The smallest absolute Gasteiger partial charge is 0.160 e. The van der Waals surface area contributed by atoms with Gasteiger partial charge in [-0.3, -0.25) is 4.79 Å². The van der Waals surface area contributed by atoms with Gasteiger partial charge < -0.3 is 4.90 Å². The number of carbonyl (C=O) groups excluding carboxylic acids is 1. The Kier molecular flexibility index (Phi) is 2.98. The van der Waals surface area contributed by atoms with E-state index in [2.05, 4.69) is 12.1 Å². The molecule has 1 aromatic rings. The Hall–Kier alpha value is -1.83. The molecule has 0 unspecified atom stereocenters. The van der Waals surface area contributed by atoms with Crippen LogP contribution in [0.3, 0.4) is 0 Å². The molecule has 0 aromatic heterocycles. The molecule has 0 atom stereocenters. The van der Waals surface area contributed by atoms with E-state index in [0.717, 1.165) is 6.54 Å². The quantitative estimate of drug-likeness (QED) is 0.729. The number of benzene rings is 1. The van der Waals surface area contributed by atoms with E-state index >= 15 is 0 Å². The van der Waals surface area contributed by atoms with E-state index in [0.29, 0.717) is 6.42 Å². The second-order valence-corrected chi connectivity index (χ2v) is 3.53. The summed E-state index contributed by atoms with van der Waals surface area (Å²) >= 11 is 0. The molecule has 0 bridgehead atoms. The molecule has 2 heteroatoms. The van der Waals surface area contributed by atoms with Crippen molar-refractivity contribution in [2.45, 2.75) is 13.0 Å². The van der Waals surface area contributed by atoms with Crippen LogP contribution in [0.5, 0.6) is 0 Å². The molecule has 0 aliphatic carbocycles. The van der Waals surface area contributed by atoms with E-state index in [1.165, 1.54) is 5.56 Å². The molecule has 1 heterocycles. The van der Waals surface area contributed by atoms with Gasteiger partial charge in [-0.1, -0.05) is 36.4 Å². The largest absolute Gasteiger partial charge is 0.350 e. The second kappa shape index (κ2) is 4.60. The fourth-order valence-electron chi connectivity index (χ4n) is 1.50.